The zero-order chi connectivity index (χ0) is 25.9. The largest absolute Gasteiger partial charge is 0.496 e. The summed E-state index contributed by atoms with van der Waals surface area (Å²) in [7, 11) is 1.58. The molecule has 37 heavy (non-hydrogen) atoms. The van der Waals surface area contributed by atoms with E-state index in [0.29, 0.717) is 43.8 Å². The molecule has 4 atom stereocenters. The normalized spacial score (nSPS) is 21.9. The number of rotatable bonds is 7. The van der Waals surface area contributed by atoms with Gasteiger partial charge in [-0.15, -0.1) is 6.42 Å². The first-order valence-corrected chi connectivity index (χ1v) is 12.4. The number of aromatic nitrogens is 2. The Balaban J connectivity index is 1.40. The second-order valence-electron chi connectivity index (χ2n) is 9.54. The second kappa shape index (κ2) is 10.3. The lowest BCUT2D eigenvalue weighted by Gasteiger charge is -2.25. The fourth-order valence-corrected chi connectivity index (χ4v) is 5.33. The molecule has 4 heterocycles. The van der Waals surface area contributed by atoms with Crippen molar-refractivity contribution in [1.82, 2.24) is 25.5 Å². The van der Waals surface area contributed by atoms with Gasteiger partial charge in [-0.1, -0.05) is 18.1 Å². The summed E-state index contributed by atoms with van der Waals surface area (Å²) in [6, 6.07) is 9.79. The number of nitrogens with zero attached hydrogens (tertiary/aromatic N) is 2. The number of hydrogen-bond donors (Lipinski definition) is 3. The number of carbonyl (C=O) groups excluding carboxylic acids is 3. The molecular weight excluding hydrogens is 470 g/mol. The van der Waals surface area contributed by atoms with E-state index in [4.69, 9.17) is 11.2 Å². The minimum atomic E-state index is -0.723. The average molecular weight is 500 g/mol. The van der Waals surface area contributed by atoms with Crippen molar-refractivity contribution in [2.45, 2.75) is 37.3 Å². The molecule has 0 spiro atoms. The summed E-state index contributed by atoms with van der Waals surface area (Å²) in [4.78, 5) is 48.3. The van der Waals surface area contributed by atoms with E-state index < -0.39 is 12.1 Å². The third-order valence-electron chi connectivity index (χ3n) is 7.30. The van der Waals surface area contributed by atoms with Gasteiger partial charge in [-0.3, -0.25) is 19.4 Å². The fraction of sp³-hybridized carbons (Fsp3) is 0.357. The maximum atomic E-state index is 13.7. The third kappa shape index (κ3) is 4.87. The number of carbonyl (C=O) groups is 3. The first-order chi connectivity index (χ1) is 18.0. The lowest BCUT2D eigenvalue weighted by atomic mass is 9.96. The highest BCUT2D eigenvalue weighted by atomic mass is 16.5. The topological polar surface area (TPSA) is 116 Å². The summed E-state index contributed by atoms with van der Waals surface area (Å²) in [6.07, 6.45) is 10.7. The van der Waals surface area contributed by atoms with Gasteiger partial charge in [0.2, 0.25) is 11.8 Å². The van der Waals surface area contributed by atoms with E-state index in [1.807, 2.05) is 30.3 Å². The maximum absolute atomic E-state index is 13.7. The van der Waals surface area contributed by atoms with Crippen molar-refractivity contribution in [3.8, 4) is 18.1 Å². The van der Waals surface area contributed by atoms with Crippen molar-refractivity contribution in [1.29, 1.82) is 0 Å². The number of benzene rings is 1. The number of likely N-dealkylation sites (tertiary alicyclic amines) is 1. The number of hydrogen-bond acceptors (Lipinski definition) is 5. The van der Waals surface area contributed by atoms with Crippen LogP contribution >= 0.6 is 0 Å². The highest BCUT2D eigenvalue weighted by molar-refractivity contribution is 6.02. The van der Waals surface area contributed by atoms with Gasteiger partial charge in [-0.2, -0.15) is 0 Å². The van der Waals surface area contributed by atoms with Crippen LogP contribution < -0.4 is 15.4 Å². The molecule has 2 aliphatic heterocycles. The first-order valence-electron chi connectivity index (χ1n) is 12.4. The Morgan fingerprint density at radius 1 is 1.32 bits per heavy atom. The van der Waals surface area contributed by atoms with Crippen molar-refractivity contribution < 1.29 is 19.1 Å². The average Bonchev–Trinajstić information content (AvgIpc) is 3.66. The molecule has 3 amide bonds. The van der Waals surface area contributed by atoms with E-state index in [2.05, 4.69) is 26.5 Å². The SMILES string of the molecule is C#C[C@H](C[C@@H]1CCNC1=O)NC(=O)[C@@H]1C[C@@H](c2cccnc2)CN1C(=O)c1cc2c(OC)cccc2[nH]1. The van der Waals surface area contributed by atoms with Gasteiger partial charge in [-0.25, -0.2) is 0 Å². The van der Waals surface area contributed by atoms with Crippen LogP contribution in [0.3, 0.4) is 0 Å². The summed E-state index contributed by atoms with van der Waals surface area (Å²) in [6.45, 7) is 0.975. The Bertz CT molecular complexity index is 1360. The number of terminal acetylenes is 1. The molecule has 190 valence electrons. The Labute approximate surface area is 215 Å². The summed E-state index contributed by atoms with van der Waals surface area (Å²) in [5.41, 5.74) is 2.11. The molecule has 0 unspecified atom stereocenters. The Kier molecular flexibility index (Phi) is 6.82. The van der Waals surface area contributed by atoms with Crippen LogP contribution in [0.2, 0.25) is 0 Å². The highest BCUT2D eigenvalue weighted by Gasteiger charge is 2.41. The van der Waals surface area contributed by atoms with Crippen molar-refractivity contribution >= 4 is 28.6 Å². The van der Waals surface area contributed by atoms with Gasteiger partial charge in [0.05, 0.1) is 13.2 Å². The van der Waals surface area contributed by atoms with Crippen LogP contribution in [0.25, 0.3) is 10.9 Å². The van der Waals surface area contributed by atoms with Gasteiger partial charge >= 0.3 is 0 Å². The zero-order valence-corrected chi connectivity index (χ0v) is 20.6. The molecule has 9 nitrogen and oxygen atoms in total. The van der Waals surface area contributed by atoms with Crippen LogP contribution in [-0.2, 0) is 9.59 Å². The number of amides is 3. The molecule has 0 aliphatic carbocycles. The quantitative estimate of drug-likeness (QED) is 0.431. The molecule has 9 heteroatoms. The van der Waals surface area contributed by atoms with Gasteiger partial charge in [0, 0.05) is 48.2 Å². The Hall–Kier alpha value is -4.32. The summed E-state index contributed by atoms with van der Waals surface area (Å²) < 4.78 is 5.44. The molecule has 2 aromatic heterocycles. The molecule has 2 fully saturated rings. The second-order valence-corrected chi connectivity index (χ2v) is 9.54. The van der Waals surface area contributed by atoms with E-state index in [1.165, 1.54) is 0 Å². The smallest absolute Gasteiger partial charge is 0.271 e. The maximum Gasteiger partial charge on any atom is 0.271 e. The van der Waals surface area contributed by atoms with E-state index in [1.54, 1.807) is 30.5 Å². The van der Waals surface area contributed by atoms with E-state index >= 15 is 0 Å². The number of nitrogens with one attached hydrogen (secondary N) is 3. The van der Waals surface area contributed by atoms with Crippen molar-refractivity contribution in [2.24, 2.45) is 5.92 Å². The molecule has 2 aliphatic rings. The summed E-state index contributed by atoms with van der Waals surface area (Å²) in [5.74, 6) is 2.33. The molecular formula is C28H29N5O4. The number of H-pyrrole nitrogens is 1. The molecule has 1 aromatic carbocycles. The number of pyridine rings is 1. The molecule has 5 rings (SSSR count). The minimum Gasteiger partial charge on any atom is -0.496 e. The van der Waals surface area contributed by atoms with Gasteiger partial charge in [0.15, 0.2) is 0 Å². The number of ether oxygens (including phenoxy) is 1. The monoisotopic (exact) mass is 499 g/mol. The molecule has 0 radical (unpaired) electrons. The summed E-state index contributed by atoms with van der Waals surface area (Å²) >= 11 is 0. The van der Waals surface area contributed by atoms with Crippen molar-refractivity contribution in [3.05, 3.63) is 60.0 Å². The van der Waals surface area contributed by atoms with Gasteiger partial charge < -0.3 is 25.3 Å². The summed E-state index contributed by atoms with van der Waals surface area (Å²) in [5, 5.41) is 6.51. The van der Waals surface area contributed by atoms with Crippen molar-refractivity contribution in [3.63, 3.8) is 0 Å². The van der Waals surface area contributed by atoms with Crippen LogP contribution in [-0.4, -0.2) is 64.9 Å². The predicted molar refractivity (Wildman–Crippen MR) is 138 cm³/mol. The first kappa shape index (κ1) is 24.4. The van der Waals surface area contributed by atoms with Crippen molar-refractivity contribution in [2.75, 3.05) is 20.2 Å². The molecule has 0 bridgehead atoms. The predicted octanol–water partition coefficient (Wildman–Crippen LogP) is 2.21. The van der Waals surface area contributed by atoms with Crippen LogP contribution in [0, 0.1) is 18.3 Å². The lowest BCUT2D eigenvalue weighted by molar-refractivity contribution is -0.126. The van der Waals surface area contributed by atoms with Crippen LogP contribution in [0.15, 0.2) is 48.8 Å². The van der Waals surface area contributed by atoms with Gasteiger partial charge in [0.25, 0.3) is 5.91 Å². The Morgan fingerprint density at radius 3 is 2.89 bits per heavy atom. The van der Waals surface area contributed by atoms with E-state index in [-0.39, 0.29) is 29.6 Å². The zero-order valence-electron chi connectivity index (χ0n) is 20.6. The third-order valence-corrected chi connectivity index (χ3v) is 7.30. The van der Waals surface area contributed by atoms with E-state index in [9.17, 15) is 14.4 Å². The number of methoxy groups -OCH3 is 1. The molecule has 0 saturated carbocycles. The van der Waals surface area contributed by atoms with Gasteiger partial charge in [-0.05, 0) is 49.1 Å². The van der Waals surface area contributed by atoms with Crippen LogP contribution in [0.1, 0.15) is 41.2 Å². The van der Waals surface area contributed by atoms with Gasteiger partial charge in [0.1, 0.15) is 17.5 Å². The standard InChI is InChI=1S/C28H29N5O4/c1-3-20(12-17-9-11-30-26(17)34)31-27(35)24-13-19(18-6-5-10-29-15-18)16-33(24)28(36)23-14-21-22(32-23)7-4-8-25(21)37-2/h1,4-8,10,14-15,17,19-20,24,32H,9,11-13,16H2,2H3,(H,30,34)(H,31,35)/t17-,19+,20+,24-/m0/s1. The number of fused-ring (bicyclic) bond motifs is 1. The van der Waals surface area contributed by atoms with E-state index in [0.717, 1.165) is 16.5 Å². The van der Waals surface area contributed by atoms with Crippen LogP contribution in [0.5, 0.6) is 5.75 Å². The molecule has 3 N–H and O–H groups in total. The van der Waals surface area contributed by atoms with Crippen LogP contribution in [0.4, 0.5) is 0 Å². The Morgan fingerprint density at radius 2 is 2.19 bits per heavy atom. The highest BCUT2D eigenvalue weighted by Crippen LogP contribution is 2.34. The molecule has 2 saturated heterocycles. The fourth-order valence-electron chi connectivity index (χ4n) is 5.33. The number of aromatic amines is 1. The lowest BCUT2D eigenvalue weighted by Crippen LogP contribution is -2.49. The molecule has 3 aromatic rings. The minimum absolute atomic E-state index is 0.0435.